The standard InChI is InChI=1S/C16H17F3N4O/c1-3-4-7-20-15(24)12-8-9(2)21-16(23-12)22-11-6-5-10(17)13(18)14(11)19/h5-6,8H,3-4,7H2,1-2H3,(H,20,24)(H,21,22,23). The maximum absolute atomic E-state index is 13.7. The van der Waals surface area contributed by atoms with E-state index in [1.165, 1.54) is 6.07 Å². The van der Waals surface area contributed by atoms with E-state index in [-0.39, 0.29) is 23.2 Å². The molecule has 0 atom stereocenters. The second kappa shape index (κ2) is 7.76. The first-order chi connectivity index (χ1) is 11.4. The number of anilines is 2. The lowest BCUT2D eigenvalue weighted by Gasteiger charge is -2.10. The topological polar surface area (TPSA) is 66.9 Å². The van der Waals surface area contributed by atoms with E-state index >= 15 is 0 Å². The Labute approximate surface area is 137 Å². The lowest BCUT2D eigenvalue weighted by Crippen LogP contribution is -2.25. The van der Waals surface area contributed by atoms with Crippen LogP contribution in [0.15, 0.2) is 18.2 Å². The van der Waals surface area contributed by atoms with Crippen LogP contribution in [0.2, 0.25) is 0 Å². The fourth-order valence-electron chi connectivity index (χ4n) is 1.95. The first-order valence-corrected chi connectivity index (χ1v) is 7.46. The van der Waals surface area contributed by atoms with Crippen molar-refractivity contribution in [1.82, 2.24) is 15.3 Å². The molecule has 1 aromatic heterocycles. The highest BCUT2D eigenvalue weighted by Crippen LogP contribution is 2.22. The summed E-state index contributed by atoms with van der Waals surface area (Å²) in [7, 11) is 0. The van der Waals surface area contributed by atoms with Crippen LogP contribution >= 0.6 is 0 Å². The van der Waals surface area contributed by atoms with Gasteiger partial charge in [-0.1, -0.05) is 13.3 Å². The number of halogens is 3. The van der Waals surface area contributed by atoms with Crippen LogP contribution in [0.4, 0.5) is 24.8 Å². The van der Waals surface area contributed by atoms with Crippen molar-refractivity contribution >= 4 is 17.5 Å². The third-order valence-corrected chi connectivity index (χ3v) is 3.18. The van der Waals surface area contributed by atoms with Crippen molar-refractivity contribution in [2.24, 2.45) is 0 Å². The van der Waals surface area contributed by atoms with E-state index < -0.39 is 17.5 Å². The highest BCUT2D eigenvalue weighted by Gasteiger charge is 2.15. The van der Waals surface area contributed by atoms with Crippen molar-refractivity contribution in [1.29, 1.82) is 0 Å². The summed E-state index contributed by atoms with van der Waals surface area (Å²) < 4.78 is 39.9. The number of carbonyl (C=O) groups excluding carboxylic acids is 1. The molecule has 0 unspecified atom stereocenters. The second-order valence-electron chi connectivity index (χ2n) is 5.18. The number of benzene rings is 1. The summed E-state index contributed by atoms with van der Waals surface area (Å²) in [6.45, 7) is 4.15. The van der Waals surface area contributed by atoms with Gasteiger partial charge in [-0.05, 0) is 31.5 Å². The molecule has 1 heterocycles. The zero-order valence-corrected chi connectivity index (χ0v) is 13.3. The number of carbonyl (C=O) groups is 1. The van der Waals surface area contributed by atoms with E-state index in [1.54, 1.807) is 6.92 Å². The van der Waals surface area contributed by atoms with Crippen LogP contribution in [0.25, 0.3) is 0 Å². The van der Waals surface area contributed by atoms with E-state index in [0.717, 1.165) is 25.0 Å². The smallest absolute Gasteiger partial charge is 0.270 e. The lowest BCUT2D eigenvalue weighted by molar-refractivity contribution is 0.0948. The predicted molar refractivity (Wildman–Crippen MR) is 83.6 cm³/mol. The lowest BCUT2D eigenvalue weighted by atomic mass is 10.2. The number of unbranched alkanes of at least 4 members (excludes halogenated alkanes) is 1. The highest BCUT2D eigenvalue weighted by molar-refractivity contribution is 5.92. The van der Waals surface area contributed by atoms with Gasteiger partial charge in [0.05, 0.1) is 5.69 Å². The average Bonchev–Trinajstić information content (AvgIpc) is 2.55. The van der Waals surface area contributed by atoms with Gasteiger partial charge < -0.3 is 10.6 Å². The summed E-state index contributed by atoms with van der Waals surface area (Å²) in [5.41, 5.74) is 0.247. The Kier molecular flexibility index (Phi) is 5.73. The molecule has 0 fully saturated rings. The molecule has 0 saturated heterocycles. The SMILES string of the molecule is CCCCNC(=O)c1cc(C)nc(Nc2ccc(F)c(F)c2F)n1. The van der Waals surface area contributed by atoms with Gasteiger partial charge in [0.1, 0.15) is 5.69 Å². The number of rotatable bonds is 6. The van der Waals surface area contributed by atoms with E-state index in [2.05, 4.69) is 20.6 Å². The van der Waals surface area contributed by atoms with Crippen LogP contribution < -0.4 is 10.6 Å². The molecule has 0 aliphatic carbocycles. The van der Waals surface area contributed by atoms with Crippen molar-refractivity contribution in [2.45, 2.75) is 26.7 Å². The number of hydrogen-bond acceptors (Lipinski definition) is 4. The van der Waals surface area contributed by atoms with Gasteiger partial charge in [0.25, 0.3) is 5.91 Å². The van der Waals surface area contributed by atoms with Gasteiger partial charge in [0, 0.05) is 12.2 Å². The summed E-state index contributed by atoms with van der Waals surface area (Å²) in [5, 5.41) is 5.17. The molecule has 2 N–H and O–H groups in total. The van der Waals surface area contributed by atoms with Gasteiger partial charge in [0.2, 0.25) is 5.95 Å². The Morgan fingerprint density at radius 1 is 1.17 bits per heavy atom. The molecule has 5 nitrogen and oxygen atoms in total. The van der Waals surface area contributed by atoms with E-state index in [4.69, 9.17) is 0 Å². The van der Waals surface area contributed by atoms with Gasteiger partial charge in [-0.2, -0.15) is 0 Å². The molecule has 128 valence electrons. The molecule has 1 amide bonds. The molecule has 0 bridgehead atoms. The minimum atomic E-state index is -1.59. The van der Waals surface area contributed by atoms with Crippen molar-refractivity contribution in [3.8, 4) is 0 Å². The van der Waals surface area contributed by atoms with Gasteiger partial charge in [-0.3, -0.25) is 4.79 Å². The molecule has 0 spiro atoms. The molecule has 8 heteroatoms. The second-order valence-corrected chi connectivity index (χ2v) is 5.18. The van der Waals surface area contributed by atoms with Crippen LogP contribution in [-0.2, 0) is 0 Å². The van der Waals surface area contributed by atoms with Crippen molar-refractivity contribution < 1.29 is 18.0 Å². The molecule has 24 heavy (non-hydrogen) atoms. The quantitative estimate of drug-likeness (QED) is 0.625. The maximum Gasteiger partial charge on any atom is 0.270 e. The fourth-order valence-corrected chi connectivity index (χ4v) is 1.95. The largest absolute Gasteiger partial charge is 0.351 e. The Bertz CT molecular complexity index is 752. The van der Waals surface area contributed by atoms with Crippen molar-refractivity contribution in [3.05, 3.63) is 47.0 Å². The Morgan fingerprint density at radius 3 is 2.62 bits per heavy atom. The van der Waals surface area contributed by atoms with Gasteiger partial charge in [0.15, 0.2) is 17.5 Å². The van der Waals surface area contributed by atoms with Crippen LogP contribution in [-0.4, -0.2) is 22.4 Å². The molecule has 0 aliphatic heterocycles. The molecular formula is C16H17F3N4O. The monoisotopic (exact) mass is 338 g/mol. The van der Waals surface area contributed by atoms with Crippen LogP contribution in [0.1, 0.15) is 35.9 Å². The van der Waals surface area contributed by atoms with Crippen LogP contribution in [0.3, 0.4) is 0 Å². The molecule has 0 aliphatic rings. The molecule has 0 radical (unpaired) electrons. The molecule has 2 aromatic rings. The zero-order chi connectivity index (χ0) is 17.7. The maximum atomic E-state index is 13.7. The highest BCUT2D eigenvalue weighted by atomic mass is 19.2. The first kappa shape index (κ1) is 17.7. The third kappa shape index (κ3) is 4.21. The van der Waals surface area contributed by atoms with Crippen LogP contribution in [0.5, 0.6) is 0 Å². The van der Waals surface area contributed by atoms with Crippen LogP contribution in [0, 0.1) is 24.4 Å². The van der Waals surface area contributed by atoms with Crippen molar-refractivity contribution in [3.63, 3.8) is 0 Å². The number of aryl methyl sites for hydroxylation is 1. The summed E-state index contributed by atoms with van der Waals surface area (Å²) in [6.07, 6.45) is 1.77. The summed E-state index contributed by atoms with van der Waals surface area (Å²) in [4.78, 5) is 20.0. The predicted octanol–water partition coefficient (Wildman–Crippen LogP) is 3.48. The number of nitrogens with zero attached hydrogens (tertiary/aromatic N) is 2. The van der Waals surface area contributed by atoms with Crippen molar-refractivity contribution in [2.75, 3.05) is 11.9 Å². The summed E-state index contributed by atoms with van der Waals surface area (Å²) >= 11 is 0. The molecule has 2 rings (SSSR count). The number of hydrogen-bond donors (Lipinski definition) is 2. The van der Waals surface area contributed by atoms with E-state index in [9.17, 15) is 18.0 Å². The van der Waals surface area contributed by atoms with Gasteiger partial charge >= 0.3 is 0 Å². The number of amides is 1. The average molecular weight is 338 g/mol. The molecule has 0 saturated carbocycles. The minimum Gasteiger partial charge on any atom is -0.351 e. The Balaban J connectivity index is 2.22. The minimum absolute atomic E-state index is 0.0828. The molecule has 1 aromatic carbocycles. The Hall–Kier alpha value is -2.64. The van der Waals surface area contributed by atoms with E-state index in [0.29, 0.717) is 12.2 Å². The zero-order valence-electron chi connectivity index (χ0n) is 13.3. The normalized spacial score (nSPS) is 10.5. The Morgan fingerprint density at radius 2 is 1.92 bits per heavy atom. The number of nitrogens with one attached hydrogen (secondary N) is 2. The third-order valence-electron chi connectivity index (χ3n) is 3.18. The summed E-state index contributed by atoms with van der Waals surface area (Å²) in [6, 6.07) is 3.30. The first-order valence-electron chi connectivity index (χ1n) is 7.46. The fraction of sp³-hybridized carbons (Fsp3) is 0.312. The van der Waals surface area contributed by atoms with Gasteiger partial charge in [-0.25, -0.2) is 23.1 Å². The number of aromatic nitrogens is 2. The summed E-state index contributed by atoms with van der Waals surface area (Å²) in [5.74, 6) is -4.73. The van der Waals surface area contributed by atoms with E-state index in [1.807, 2.05) is 6.92 Å². The van der Waals surface area contributed by atoms with Gasteiger partial charge in [-0.15, -0.1) is 0 Å². The molecular weight excluding hydrogens is 321 g/mol.